The van der Waals surface area contributed by atoms with Gasteiger partial charge in [0.05, 0.1) is 5.69 Å². The lowest BCUT2D eigenvalue weighted by Gasteiger charge is -2.32. The van der Waals surface area contributed by atoms with Crippen LogP contribution in [0.2, 0.25) is 10.0 Å². The van der Waals surface area contributed by atoms with Gasteiger partial charge in [-0.05, 0) is 36.8 Å². The van der Waals surface area contributed by atoms with Gasteiger partial charge in [-0.1, -0.05) is 41.4 Å². The standard InChI is InChI=1S/C21H25Cl2FN4O4S/c1-14(21(30)25-2)27(12-15-9-10-16(22)11-17(15)23)20(29)13-28(33(31,32)26(3)4)19-8-6-5-7-18(19)24/h5-11,14H,12-13H2,1-4H3,(H,25,30)/t14-/m0/s1. The van der Waals surface area contributed by atoms with E-state index < -0.39 is 40.4 Å². The van der Waals surface area contributed by atoms with Crippen LogP contribution < -0.4 is 9.62 Å². The van der Waals surface area contributed by atoms with Crippen molar-refractivity contribution in [2.75, 3.05) is 32.0 Å². The molecule has 0 spiro atoms. The third-order valence-electron chi connectivity index (χ3n) is 4.91. The highest BCUT2D eigenvalue weighted by molar-refractivity contribution is 7.90. The summed E-state index contributed by atoms with van der Waals surface area (Å²) in [6, 6.07) is 8.92. The van der Waals surface area contributed by atoms with Crippen LogP contribution in [0.3, 0.4) is 0 Å². The smallest absolute Gasteiger partial charge is 0.304 e. The summed E-state index contributed by atoms with van der Waals surface area (Å²) in [5.41, 5.74) is 0.203. The van der Waals surface area contributed by atoms with Crippen LogP contribution in [0.4, 0.5) is 10.1 Å². The molecule has 0 unspecified atom stereocenters. The molecular weight excluding hydrogens is 494 g/mol. The summed E-state index contributed by atoms with van der Waals surface area (Å²) >= 11 is 12.2. The molecule has 0 bridgehead atoms. The molecule has 0 heterocycles. The highest BCUT2D eigenvalue weighted by Gasteiger charge is 2.33. The maximum Gasteiger partial charge on any atom is 0.304 e. The third-order valence-corrected chi connectivity index (χ3v) is 7.30. The molecule has 0 fully saturated rings. The number of nitrogens with one attached hydrogen (secondary N) is 1. The quantitative estimate of drug-likeness (QED) is 0.552. The number of anilines is 1. The van der Waals surface area contributed by atoms with Gasteiger partial charge in [-0.15, -0.1) is 0 Å². The number of hydrogen-bond donors (Lipinski definition) is 1. The number of likely N-dealkylation sites (N-methyl/N-ethyl adjacent to an activating group) is 1. The summed E-state index contributed by atoms with van der Waals surface area (Å²) < 4.78 is 42.0. The normalized spacial score (nSPS) is 12.4. The summed E-state index contributed by atoms with van der Waals surface area (Å²) in [5, 5.41) is 3.13. The van der Waals surface area contributed by atoms with Gasteiger partial charge in [-0.25, -0.2) is 8.70 Å². The van der Waals surface area contributed by atoms with Crippen molar-refractivity contribution in [1.82, 2.24) is 14.5 Å². The van der Waals surface area contributed by atoms with Crippen LogP contribution in [0.1, 0.15) is 12.5 Å². The number of benzene rings is 2. The molecule has 2 rings (SSSR count). The Balaban J connectivity index is 2.50. The molecule has 0 aliphatic carbocycles. The first-order chi connectivity index (χ1) is 15.4. The predicted molar refractivity (Wildman–Crippen MR) is 127 cm³/mol. The minimum absolute atomic E-state index is 0.101. The molecule has 2 aromatic carbocycles. The van der Waals surface area contributed by atoms with E-state index in [0.29, 0.717) is 14.9 Å². The van der Waals surface area contributed by atoms with Gasteiger partial charge in [0.1, 0.15) is 18.4 Å². The second kappa shape index (κ2) is 11.1. The van der Waals surface area contributed by atoms with Gasteiger partial charge in [-0.2, -0.15) is 12.7 Å². The Labute approximate surface area is 203 Å². The van der Waals surface area contributed by atoms with E-state index in [1.54, 1.807) is 12.1 Å². The summed E-state index contributed by atoms with van der Waals surface area (Å²) in [6.07, 6.45) is 0. The molecule has 2 amide bonds. The molecule has 180 valence electrons. The number of rotatable bonds is 9. The maximum atomic E-state index is 14.5. The molecule has 0 saturated carbocycles. The lowest BCUT2D eigenvalue weighted by atomic mass is 10.1. The third kappa shape index (κ3) is 6.35. The van der Waals surface area contributed by atoms with Crippen LogP contribution in [0.25, 0.3) is 0 Å². The van der Waals surface area contributed by atoms with Gasteiger partial charge in [0.25, 0.3) is 0 Å². The van der Waals surface area contributed by atoms with Crippen LogP contribution in [0, 0.1) is 5.82 Å². The second-order valence-electron chi connectivity index (χ2n) is 7.30. The Bertz CT molecular complexity index is 1130. The molecule has 33 heavy (non-hydrogen) atoms. The van der Waals surface area contributed by atoms with E-state index in [4.69, 9.17) is 23.2 Å². The first-order valence-electron chi connectivity index (χ1n) is 9.79. The van der Waals surface area contributed by atoms with Crippen LogP contribution in [-0.2, 0) is 26.3 Å². The summed E-state index contributed by atoms with van der Waals surface area (Å²) in [6.45, 7) is 0.652. The van der Waals surface area contributed by atoms with E-state index in [-0.39, 0.29) is 17.3 Å². The van der Waals surface area contributed by atoms with Gasteiger partial charge >= 0.3 is 10.2 Å². The molecule has 8 nitrogen and oxygen atoms in total. The number of halogens is 3. The fraction of sp³-hybridized carbons (Fsp3) is 0.333. The minimum atomic E-state index is -4.25. The molecule has 0 aliphatic heterocycles. The van der Waals surface area contributed by atoms with Crippen LogP contribution >= 0.6 is 23.2 Å². The lowest BCUT2D eigenvalue weighted by molar-refractivity contribution is -0.139. The molecule has 0 aromatic heterocycles. The van der Waals surface area contributed by atoms with E-state index in [0.717, 1.165) is 10.4 Å². The number of carbonyl (C=O) groups excluding carboxylic acids is 2. The van der Waals surface area contributed by atoms with Crippen LogP contribution in [0.5, 0.6) is 0 Å². The zero-order valence-corrected chi connectivity index (χ0v) is 20.9. The molecule has 0 saturated heterocycles. The lowest BCUT2D eigenvalue weighted by Crippen LogP contribution is -2.52. The molecule has 1 atom stereocenters. The van der Waals surface area contributed by atoms with Crippen molar-refractivity contribution >= 4 is 50.9 Å². The zero-order valence-electron chi connectivity index (χ0n) is 18.5. The molecule has 12 heteroatoms. The van der Waals surface area contributed by atoms with Crippen molar-refractivity contribution in [2.45, 2.75) is 19.5 Å². The van der Waals surface area contributed by atoms with Gasteiger partial charge in [0, 0.05) is 37.7 Å². The molecule has 1 N–H and O–H groups in total. The maximum absolute atomic E-state index is 14.5. The average molecular weight is 519 g/mol. The van der Waals surface area contributed by atoms with Gasteiger partial charge < -0.3 is 10.2 Å². The van der Waals surface area contributed by atoms with Crippen molar-refractivity contribution in [3.8, 4) is 0 Å². The van der Waals surface area contributed by atoms with Crippen LogP contribution in [-0.4, -0.2) is 63.2 Å². The van der Waals surface area contributed by atoms with Gasteiger partial charge in [0.15, 0.2) is 0 Å². The Morgan fingerprint density at radius 2 is 1.76 bits per heavy atom. The number of carbonyl (C=O) groups is 2. The Morgan fingerprint density at radius 3 is 2.30 bits per heavy atom. The van der Waals surface area contributed by atoms with Crippen molar-refractivity contribution in [3.63, 3.8) is 0 Å². The predicted octanol–water partition coefficient (Wildman–Crippen LogP) is 2.91. The first kappa shape index (κ1) is 26.8. The molecule has 0 aliphatic rings. The summed E-state index contributed by atoms with van der Waals surface area (Å²) in [5.74, 6) is -2.02. The number of hydrogen-bond acceptors (Lipinski definition) is 4. The van der Waals surface area contributed by atoms with Crippen molar-refractivity contribution < 1.29 is 22.4 Å². The minimum Gasteiger partial charge on any atom is -0.357 e. The number of amides is 2. The number of nitrogens with zero attached hydrogens (tertiary/aromatic N) is 3. The van der Waals surface area contributed by atoms with Gasteiger partial charge in [0.2, 0.25) is 11.8 Å². The fourth-order valence-electron chi connectivity index (χ4n) is 2.98. The Hall–Kier alpha value is -2.40. The fourth-order valence-corrected chi connectivity index (χ4v) is 4.51. The van der Waals surface area contributed by atoms with E-state index in [9.17, 15) is 22.4 Å². The van der Waals surface area contributed by atoms with E-state index in [1.165, 1.54) is 57.2 Å². The Morgan fingerprint density at radius 1 is 1.12 bits per heavy atom. The van der Waals surface area contributed by atoms with Crippen LogP contribution in [0.15, 0.2) is 42.5 Å². The summed E-state index contributed by atoms with van der Waals surface area (Å²) in [7, 11) is -0.291. The SMILES string of the molecule is CNC(=O)[C@H](C)N(Cc1ccc(Cl)cc1Cl)C(=O)CN(c1ccccc1F)S(=O)(=O)N(C)C. The highest BCUT2D eigenvalue weighted by atomic mass is 35.5. The summed E-state index contributed by atoms with van der Waals surface area (Å²) in [4.78, 5) is 26.9. The average Bonchev–Trinajstić information content (AvgIpc) is 2.76. The molecular formula is C21H25Cl2FN4O4S. The van der Waals surface area contributed by atoms with Gasteiger partial charge in [-0.3, -0.25) is 9.59 Å². The van der Waals surface area contributed by atoms with E-state index in [1.807, 2.05) is 0 Å². The Kier molecular flexibility index (Phi) is 9.07. The zero-order chi connectivity index (χ0) is 24.9. The van der Waals surface area contributed by atoms with E-state index in [2.05, 4.69) is 5.32 Å². The van der Waals surface area contributed by atoms with Crippen molar-refractivity contribution in [1.29, 1.82) is 0 Å². The second-order valence-corrected chi connectivity index (χ2v) is 10.2. The van der Waals surface area contributed by atoms with Crippen molar-refractivity contribution in [2.24, 2.45) is 0 Å². The first-order valence-corrected chi connectivity index (χ1v) is 11.9. The molecule has 2 aromatic rings. The monoisotopic (exact) mass is 518 g/mol. The largest absolute Gasteiger partial charge is 0.357 e. The van der Waals surface area contributed by atoms with E-state index >= 15 is 0 Å². The highest BCUT2D eigenvalue weighted by Crippen LogP contribution is 2.26. The topological polar surface area (TPSA) is 90.0 Å². The molecule has 0 radical (unpaired) electrons. The van der Waals surface area contributed by atoms with Crippen molar-refractivity contribution in [3.05, 3.63) is 63.9 Å². The number of para-hydroxylation sites is 1.